The van der Waals surface area contributed by atoms with E-state index in [1.165, 1.54) is 12.1 Å². The molecule has 0 aliphatic rings. The maximum atomic E-state index is 13.2. The van der Waals surface area contributed by atoms with Gasteiger partial charge in [0.05, 0.1) is 11.8 Å². The lowest BCUT2D eigenvalue weighted by Gasteiger charge is -2.13. The molecule has 22 heavy (non-hydrogen) atoms. The Kier molecular flexibility index (Phi) is 5.56. The molecule has 0 amide bonds. The van der Waals surface area contributed by atoms with Gasteiger partial charge in [-0.2, -0.15) is 5.10 Å². The highest BCUT2D eigenvalue weighted by molar-refractivity contribution is 6.30. The van der Waals surface area contributed by atoms with Crippen molar-refractivity contribution in [1.29, 1.82) is 0 Å². The van der Waals surface area contributed by atoms with Crippen molar-refractivity contribution in [3.05, 3.63) is 52.1 Å². The summed E-state index contributed by atoms with van der Waals surface area (Å²) in [5.74, 6) is -0.0856. The highest BCUT2D eigenvalue weighted by atomic mass is 35.5. The van der Waals surface area contributed by atoms with Crippen molar-refractivity contribution in [2.75, 3.05) is 6.54 Å². The predicted octanol–water partition coefficient (Wildman–Crippen LogP) is 3.16. The summed E-state index contributed by atoms with van der Waals surface area (Å²) < 4.78 is 14.8. The fourth-order valence-corrected chi connectivity index (χ4v) is 2.56. The zero-order valence-corrected chi connectivity index (χ0v) is 13.7. The third-order valence-electron chi connectivity index (χ3n) is 3.52. The number of rotatable bonds is 6. The van der Waals surface area contributed by atoms with Gasteiger partial charge in [-0.05, 0) is 23.6 Å². The molecule has 1 aromatic heterocycles. The second-order valence-corrected chi connectivity index (χ2v) is 5.99. The first kappa shape index (κ1) is 16.9. The molecule has 1 atom stereocenters. The Labute approximate surface area is 134 Å². The molecule has 1 heterocycles. The van der Waals surface area contributed by atoms with Crippen LogP contribution in [-0.2, 0) is 13.6 Å². The molecule has 2 aromatic rings. The normalized spacial score (nSPS) is 12.9. The Morgan fingerprint density at radius 3 is 2.77 bits per heavy atom. The van der Waals surface area contributed by atoms with E-state index in [-0.39, 0.29) is 11.7 Å². The molecule has 1 unspecified atom stereocenters. The minimum Gasteiger partial charge on any atom is -0.387 e. The molecule has 2 N–H and O–H groups in total. The Balaban J connectivity index is 1.99. The van der Waals surface area contributed by atoms with Gasteiger partial charge in [-0.25, -0.2) is 4.39 Å². The molecular weight excluding hydrogens is 305 g/mol. The fourth-order valence-electron chi connectivity index (χ4n) is 2.36. The maximum Gasteiger partial charge on any atom is 0.131 e. The summed E-state index contributed by atoms with van der Waals surface area (Å²) in [7, 11) is 1.80. The summed E-state index contributed by atoms with van der Waals surface area (Å²) in [6, 6.07) is 5.98. The van der Waals surface area contributed by atoms with Crippen LogP contribution in [0.25, 0.3) is 0 Å². The average Bonchev–Trinajstić information content (AvgIpc) is 2.75. The molecule has 0 saturated heterocycles. The summed E-state index contributed by atoms with van der Waals surface area (Å²) >= 11 is 6.26. The highest BCUT2D eigenvalue weighted by Crippen LogP contribution is 2.25. The van der Waals surface area contributed by atoms with Gasteiger partial charge < -0.3 is 10.4 Å². The lowest BCUT2D eigenvalue weighted by atomic mass is 10.1. The van der Waals surface area contributed by atoms with Gasteiger partial charge >= 0.3 is 0 Å². The van der Waals surface area contributed by atoms with E-state index in [0.717, 1.165) is 11.3 Å². The van der Waals surface area contributed by atoms with E-state index >= 15 is 0 Å². The average molecular weight is 326 g/mol. The smallest absolute Gasteiger partial charge is 0.131 e. The van der Waals surface area contributed by atoms with E-state index in [1.54, 1.807) is 23.9 Å². The molecule has 0 fully saturated rings. The molecule has 0 bridgehead atoms. The van der Waals surface area contributed by atoms with E-state index in [2.05, 4.69) is 24.3 Å². The summed E-state index contributed by atoms with van der Waals surface area (Å²) in [6.45, 7) is 4.94. The minimum absolute atomic E-state index is 0.267. The number of nitrogens with zero attached hydrogens (tertiary/aromatic N) is 2. The second kappa shape index (κ2) is 7.22. The Morgan fingerprint density at radius 1 is 1.41 bits per heavy atom. The van der Waals surface area contributed by atoms with Crippen molar-refractivity contribution in [3.8, 4) is 0 Å². The van der Waals surface area contributed by atoms with Gasteiger partial charge in [0, 0.05) is 25.7 Å². The van der Waals surface area contributed by atoms with E-state index in [9.17, 15) is 9.50 Å². The summed E-state index contributed by atoms with van der Waals surface area (Å²) in [4.78, 5) is 0. The predicted molar refractivity (Wildman–Crippen MR) is 85.4 cm³/mol. The van der Waals surface area contributed by atoms with E-state index in [1.807, 2.05) is 0 Å². The van der Waals surface area contributed by atoms with Crippen LogP contribution in [0.15, 0.2) is 24.3 Å². The first-order valence-corrected chi connectivity index (χ1v) is 7.63. The zero-order chi connectivity index (χ0) is 16.3. The number of benzene rings is 1. The van der Waals surface area contributed by atoms with Crippen molar-refractivity contribution < 1.29 is 9.50 Å². The molecule has 4 nitrogen and oxygen atoms in total. The van der Waals surface area contributed by atoms with Gasteiger partial charge in [-0.3, -0.25) is 4.68 Å². The number of hydrogen-bond donors (Lipinski definition) is 2. The molecule has 0 aliphatic carbocycles. The zero-order valence-electron chi connectivity index (χ0n) is 13.0. The van der Waals surface area contributed by atoms with Crippen LogP contribution in [0, 0.1) is 5.82 Å². The molecule has 120 valence electrons. The molecule has 0 saturated carbocycles. The molecule has 2 rings (SSSR count). The molecule has 6 heteroatoms. The lowest BCUT2D eigenvalue weighted by molar-refractivity contribution is 0.174. The number of hydrogen-bond acceptors (Lipinski definition) is 3. The first-order chi connectivity index (χ1) is 10.4. The van der Waals surface area contributed by atoms with Crippen LogP contribution in [0.5, 0.6) is 0 Å². The SMILES string of the molecule is CC(C)c1nn(C)c(Cl)c1CNCC(O)c1cccc(F)c1. The number of aliphatic hydroxyl groups is 1. The van der Waals surface area contributed by atoms with Gasteiger partial charge in [-0.1, -0.05) is 37.6 Å². The molecule has 0 aliphatic heterocycles. The Morgan fingerprint density at radius 2 is 2.14 bits per heavy atom. The maximum absolute atomic E-state index is 13.2. The van der Waals surface area contributed by atoms with Gasteiger partial charge in [0.1, 0.15) is 11.0 Å². The van der Waals surface area contributed by atoms with E-state index in [0.29, 0.717) is 23.8 Å². The second-order valence-electron chi connectivity index (χ2n) is 5.63. The third kappa shape index (κ3) is 3.85. The van der Waals surface area contributed by atoms with Crippen LogP contribution in [0.1, 0.15) is 42.7 Å². The number of aryl methyl sites for hydroxylation is 1. The van der Waals surface area contributed by atoms with Crippen molar-refractivity contribution in [1.82, 2.24) is 15.1 Å². The minimum atomic E-state index is -0.770. The summed E-state index contributed by atoms with van der Waals surface area (Å²) in [5.41, 5.74) is 2.43. The Hall–Kier alpha value is -1.43. The van der Waals surface area contributed by atoms with Crippen LogP contribution >= 0.6 is 11.6 Å². The fraction of sp³-hybridized carbons (Fsp3) is 0.438. The molecule has 0 spiro atoms. The van der Waals surface area contributed by atoms with E-state index < -0.39 is 6.10 Å². The molecule has 1 aromatic carbocycles. The number of nitrogens with one attached hydrogen (secondary N) is 1. The van der Waals surface area contributed by atoms with Crippen LogP contribution < -0.4 is 5.32 Å². The summed E-state index contributed by atoms with van der Waals surface area (Å²) in [5, 5.41) is 18.3. The first-order valence-electron chi connectivity index (χ1n) is 7.25. The highest BCUT2D eigenvalue weighted by Gasteiger charge is 2.17. The third-order valence-corrected chi connectivity index (χ3v) is 3.99. The largest absolute Gasteiger partial charge is 0.387 e. The topological polar surface area (TPSA) is 50.1 Å². The van der Waals surface area contributed by atoms with Gasteiger partial charge in [0.15, 0.2) is 0 Å². The van der Waals surface area contributed by atoms with Crippen LogP contribution in [0.2, 0.25) is 5.15 Å². The van der Waals surface area contributed by atoms with E-state index in [4.69, 9.17) is 11.6 Å². The number of aromatic nitrogens is 2. The van der Waals surface area contributed by atoms with Gasteiger partial charge in [0.25, 0.3) is 0 Å². The summed E-state index contributed by atoms with van der Waals surface area (Å²) in [6.07, 6.45) is -0.770. The number of aliphatic hydroxyl groups excluding tert-OH is 1. The van der Waals surface area contributed by atoms with Crippen LogP contribution in [0.4, 0.5) is 4.39 Å². The van der Waals surface area contributed by atoms with Crippen molar-refractivity contribution >= 4 is 11.6 Å². The van der Waals surface area contributed by atoms with Crippen molar-refractivity contribution in [3.63, 3.8) is 0 Å². The van der Waals surface area contributed by atoms with Crippen molar-refractivity contribution in [2.45, 2.75) is 32.4 Å². The lowest BCUT2D eigenvalue weighted by Crippen LogP contribution is -2.21. The standard InChI is InChI=1S/C16H21ClFN3O/c1-10(2)15-13(16(17)21(3)20-15)8-19-9-14(22)11-5-4-6-12(18)7-11/h4-7,10,14,19,22H,8-9H2,1-3H3. The Bertz CT molecular complexity index is 642. The monoisotopic (exact) mass is 325 g/mol. The quantitative estimate of drug-likeness (QED) is 0.857. The molecular formula is C16H21ClFN3O. The van der Waals surface area contributed by atoms with Crippen LogP contribution in [-0.4, -0.2) is 21.4 Å². The van der Waals surface area contributed by atoms with Gasteiger partial charge in [0.2, 0.25) is 0 Å². The van der Waals surface area contributed by atoms with Gasteiger partial charge in [-0.15, -0.1) is 0 Å². The van der Waals surface area contributed by atoms with Crippen LogP contribution in [0.3, 0.4) is 0 Å². The molecule has 0 radical (unpaired) electrons. The van der Waals surface area contributed by atoms with Crippen molar-refractivity contribution in [2.24, 2.45) is 7.05 Å². The number of halogens is 2.